The highest BCUT2D eigenvalue weighted by Crippen LogP contribution is 2.23. The van der Waals surface area contributed by atoms with Crippen LogP contribution in [0.15, 0.2) is 59.1 Å². The Kier molecular flexibility index (Phi) is 4.71. The minimum Gasteiger partial charge on any atom is -0.394 e. The van der Waals surface area contributed by atoms with E-state index in [9.17, 15) is 9.90 Å². The van der Waals surface area contributed by atoms with Gasteiger partial charge in [0.05, 0.1) is 12.6 Å². The maximum absolute atomic E-state index is 12.1. The lowest BCUT2D eigenvalue weighted by molar-refractivity contribution is 0.0916. The van der Waals surface area contributed by atoms with Crippen LogP contribution in [0, 0.1) is 0 Å². The fourth-order valence-corrected chi connectivity index (χ4v) is 2.37. The van der Waals surface area contributed by atoms with E-state index in [1.807, 2.05) is 30.3 Å². The number of hydrogen-bond donors (Lipinski definition) is 2. The third-order valence-corrected chi connectivity index (χ3v) is 3.53. The third-order valence-electron chi connectivity index (χ3n) is 2.80. The van der Waals surface area contributed by atoms with Crippen LogP contribution in [0.3, 0.4) is 0 Å². The number of carbonyl (C=O) groups is 1. The van der Waals surface area contributed by atoms with E-state index in [4.69, 9.17) is 0 Å². The first-order chi connectivity index (χ1) is 9.22. The lowest BCUT2D eigenvalue weighted by atomic mass is 10.1. The zero-order chi connectivity index (χ0) is 13.7. The number of halogens is 1. The second kappa shape index (κ2) is 6.50. The van der Waals surface area contributed by atoms with Gasteiger partial charge < -0.3 is 10.4 Å². The highest BCUT2D eigenvalue weighted by molar-refractivity contribution is 9.10. The zero-order valence-corrected chi connectivity index (χ0v) is 11.8. The van der Waals surface area contributed by atoms with Gasteiger partial charge in [0.15, 0.2) is 0 Å². The van der Waals surface area contributed by atoms with Crippen molar-refractivity contribution in [3.05, 3.63) is 70.2 Å². The smallest absolute Gasteiger partial charge is 0.251 e. The van der Waals surface area contributed by atoms with Crippen LogP contribution in [0.2, 0.25) is 0 Å². The molecule has 0 unspecified atom stereocenters. The SMILES string of the molecule is O=C(N[C@H](CO)c1ccccc1Br)c1ccccc1. The third kappa shape index (κ3) is 3.43. The highest BCUT2D eigenvalue weighted by atomic mass is 79.9. The topological polar surface area (TPSA) is 49.3 Å². The number of aliphatic hydroxyl groups is 1. The average Bonchev–Trinajstić information content (AvgIpc) is 2.46. The van der Waals surface area contributed by atoms with Crippen LogP contribution in [0.4, 0.5) is 0 Å². The monoisotopic (exact) mass is 319 g/mol. The molecule has 2 aromatic rings. The summed E-state index contributed by atoms with van der Waals surface area (Å²) in [7, 11) is 0. The number of carbonyl (C=O) groups excluding carboxylic acids is 1. The maximum atomic E-state index is 12.1. The molecule has 0 aliphatic rings. The van der Waals surface area contributed by atoms with Crippen LogP contribution in [-0.2, 0) is 0 Å². The number of amides is 1. The summed E-state index contributed by atoms with van der Waals surface area (Å²) >= 11 is 3.42. The van der Waals surface area contributed by atoms with Gasteiger partial charge in [0, 0.05) is 10.0 Å². The number of rotatable bonds is 4. The van der Waals surface area contributed by atoms with Crippen LogP contribution in [0.1, 0.15) is 22.0 Å². The summed E-state index contributed by atoms with van der Waals surface area (Å²) in [4.78, 5) is 12.1. The van der Waals surface area contributed by atoms with Gasteiger partial charge in [-0.2, -0.15) is 0 Å². The molecule has 0 spiro atoms. The van der Waals surface area contributed by atoms with Crippen LogP contribution < -0.4 is 5.32 Å². The van der Waals surface area contributed by atoms with E-state index in [-0.39, 0.29) is 12.5 Å². The predicted molar refractivity (Wildman–Crippen MR) is 77.9 cm³/mol. The molecule has 2 rings (SSSR count). The first-order valence-corrected chi connectivity index (χ1v) is 6.73. The van der Waals surface area contributed by atoms with Gasteiger partial charge in [-0.1, -0.05) is 52.3 Å². The van der Waals surface area contributed by atoms with E-state index >= 15 is 0 Å². The lowest BCUT2D eigenvalue weighted by Crippen LogP contribution is -2.30. The van der Waals surface area contributed by atoms with Gasteiger partial charge >= 0.3 is 0 Å². The van der Waals surface area contributed by atoms with Crippen molar-refractivity contribution in [2.75, 3.05) is 6.61 Å². The normalized spacial score (nSPS) is 11.9. The number of hydrogen-bond acceptors (Lipinski definition) is 2. The molecule has 0 aliphatic carbocycles. The molecule has 3 nitrogen and oxygen atoms in total. The summed E-state index contributed by atoms with van der Waals surface area (Å²) < 4.78 is 0.863. The van der Waals surface area contributed by atoms with Gasteiger partial charge in [-0.15, -0.1) is 0 Å². The largest absolute Gasteiger partial charge is 0.394 e. The molecule has 0 aliphatic heterocycles. The summed E-state index contributed by atoms with van der Waals surface area (Å²) in [5, 5.41) is 12.3. The van der Waals surface area contributed by atoms with Gasteiger partial charge in [-0.05, 0) is 23.8 Å². The van der Waals surface area contributed by atoms with Gasteiger partial charge in [0.2, 0.25) is 0 Å². The number of benzene rings is 2. The predicted octanol–water partition coefficient (Wildman–Crippen LogP) is 2.91. The van der Waals surface area contributed by atoms with Gasteiger partial charge in [0.25, 0.3) is 5.91 Å². The molecule has 98 valence electrons. The summed E-state index contributed by atoms with van der Waals surface area (Å²) in [6, 6.07) is 16.0. The quantitative estimate of drug-likeness (QED) is 0.910. The van der Waals surface area contributed by atoms with Crippen molar-refractivity contribution in [1.82, 2.24) is 5.32 Å². The van der Waals surface area contributed by atoms with E-state index in [1.54, 1.807) is 24.3 Å². The Morgan fingerprint density at radius 2 is 1.74 bits per heavy atom. The van der Waals surface area contributed by atoms with Gasteiger partial charge in [0.1, 0.15) is 0 Å². The van der Waals surface area contributed by atoms with Crippen molar-refractivity contribution in [3.63, 3.8) is 0 Å². The molecule has 1 atom stereocenters. The van der Waals surface area contributed by atoms with E-state index in [0.29, 0.717) is 5.56 Å². The highest BCUT2D eigenvalue weighted by Gasteiger charge is 2.16. The van der Waals surface area contributed by atoms with Crippen LogP contribution in [0.25, 0.3) is 0 Å². The van der Waals surface area contributed by atoms with Gasteiger partial charge in [-0.25, -0.2) is 0 Å². The molecule has 1 amide bonds. The first-order valence-electron chi connectivity index (χ1n) is 5.93. The summed E-state index contributed by atoms with van der Waals surface area (Å²) in [6.07, 6.45) is 0. The molecule has 0 radical (unpaired) electrons. The Bertz CT molecular complexity index is 557. The summed E-state index contributed by atoms with van der Waals surface area (Å²) in [5.74, 6) is -0.199. The fourth-order valence-electron chi connectivity index (χ4n) is 1.81. The van der Waals surface area contributed by atoms with E-state index in [0.717, 1.165) is 10.0 Å². The average molecular weight is 320 g/mol. The minimum atomic E-state index is -0.428. The zero-order valence-electron chi connectivity index (χ0n) is 10.2. The molecule has 0 bridgehead atoms. The molecule has 19 heavy (non-hydrogen) atoms. The van der Waals surface area contributed by atoms with Crippen LogP contribution >= 0.6 is 15.9 Å². The van der Waals surface area contributed by atoms with Crippen molar-refractivity contribution in [1.29, 1.82) is 0 Å². The minimum absolute atomic E-state index is 0.152. The van der Waals surface area contributed by atoms with E-state index < -0.39 is 6.04 Å². The molecule has 0 saturated heterocycles. The Hall–Kier alpha value is -1.65. The Morgan fingerprint density at radius 1 is 1.11 bits per heavy atom. The van der Waals surface area contributed by atoms with E-state index in [1.165, 1.54) is 0 Å². The molecule has 2 aromatic carbocycles. The van der Waals surface area contributed by atoms with Crippen molar-refractivity contribution in [2.45, 2.75) is 6.04 Å². The second-order valence-corrected chi connectivity index (χ2v) is 4.95. The summed E-state index contributed by atoms with van der Waals surface area (Å²) in [6.45, 7) is -0.152. The van der Waals surface area contributed by atoms with Crippen LogP contribution in [0.5, 0.6) is 0 Å². The van der Waals surface area contributed by atoms with Crippen molar-refractivity contribution in [3.8, 4) is 0 Å². The van der Waals surface area contributed by atoms with Crippen LogP contribution in [-0.4, -0.2) is 17.6 Å². The van der Waals surface area contributed by atoms with Crippen molar-refractivity contribution in [2.24, 2.45) is 0 Å². The number of nitrogens with one attached hydrogen (secondary N) is 1. The van der Waals surface area contributed by atoms with Gasteiger partial charge in [-0.3, -0.25) is 4.79 Å². The lowest BCUT2D eigenvalue weighted by Gasteiger charge is -2.18. The fraction of sp³-hybridized carbons (Fsp3) is 0.133. The Morgan fingerprint density at radius 3 is 2.37 bits per heavy atom. The van der Waals surface area contributed by atoms with Crippen molar-refractivity contribution < 1.29 is 9.90 Å². The summed E-state index contributed by atoms with van der Waals surface area (Å²) in [5.41, 5.74) is 1.43. The Labute approximate surface area is 120 Å². The first kappa shape index (κ1) is 13.8. The van der Waals surface area contributed by atoms with Crippen molar-refractivity contribution >= 4 is 21.8 Å². The molecule has 0 aromatic heterocycles. The molecule has 2 N–H and O–H groups in total. The Balaban J connectivity index is 2.17. The molecule has 0 heterocycles. The van der Waals surface area contributed by atoms with E-state index in [2.05, 4.69) is 21.2 Å². The maximum Gasteiger partial charge on any atom is 0.251 e. The molecule has 4 heteroatoms. The molecule has 0 saturated carbocycles. The molecule has 0 fully saturated rings. The molecular weight excluding hydrogens is 306 g/mol. The molecular formula is C15H14BrNO2. The number of aliphatic hydroxyl groups excluding tert-OH is 1. The second-order valence-electron chi connectivity index (χ2n) is 4.10. The standard InChI is InChI=1S/C15H14BrNO2/c16-13-9-5-4-8-12(13)14(10-18)17-15(19)11-6-2-1-3-7-11/h1-9,14,18H,10H2,(H,17,19)/t14-/m1/s1.